The van der Waals surface area contributed by atoms with Gasteiger partial charge in [-0.3, -0.25) is 4.79 Å². The predicted octanol–water partition coefficient (Wildman–Crippen LogP) is 4.20. The van der Waals surface area contributed by atoms with Crippen LogP contribution in [0.5, 0.6) is 0 Å². The fraction of sp³-hybridized carbons (Fsp3) is 0.969. The molecule has 14 atom stereocenters. The van der Waals surface area contributed by atoms with Gasteiger partial charge in [-0.25, -0.2) is 0 Å². The summed E-state index contributed by atoms with van der Waals surface area (Å²) in [5.41, 5.74) is -2.37. The Morgan fingerprint density at radius 2 is 1.64 bits per heavy atom. The molecule has 220 valence electrons. The molecule has 0 radical (unpaired) electrons. The topological polar surface area (TPSA) is 105 Å². The normalized spacial score (nSPS) is 60.3. The fourth-order valence-electron chi connectivity index (χ4n) is 13.0. The average Bonchev–Trinajstić information content (AvgIpc) is 3.32. The SMILES string of the molecule is CC(=O)O[C@@H]1C[C@@]23C[C@@]24CC[C@H](O)C(C)(C)[C@@H]4CC[C@H]3[C@]2(C)[C@@H](O)[C@]34O[C@H](C[C@@H](C)[C@@H]3[C@@]12C)[C@@H](C(C)(C)O)O4. The van der Waals surface area contributed by atoms with Crippen LogP contribution < -0.4 is 0 Å². The number of carbonyl (C=O) groups is 1. The van der Waals surface area contributed by atoms with Crippen molar-refractivity contribution in [3.63, 3.8) is 0 Å². The summed E-state index contributed by atoms with van der Waals surface area (Å²) in [5, 5.41) is 34.8. The Balaban J connectivity index is 1.39. The highest BCUT2D eigenvalue weighted by Gasteiger charge is 2.90. The highest BCUT2D eigenvalue weighted by Crippen LogP contribution is 2.90. The standard InChI is InChI=1S/C32H50O7/c1-16-13-18-24(27(5,6)36)39-32(38-18)23(16)29(8)22(37-17(2)33)14-31-15-30(31)12-11-21(34)26(3,4)19(30)9-10-20(31)28(29,7)25(32)35/h16,18-25,34-36H,9-15H2,1-8H3/t16-,18-,19+,20+,21+,22-,23-,24+,25-,28-,29-,30-,31+,32+/m1/s1. The number of aliphatic hydroxyl groups excluding tert-OH is 2. The number of carbonyl (C=O) groups excluding carboxylic acids is 1. The van der Waals surface area contributed by atoms with Crippen molar-refractivity contribution in [1.29, 1.82) is 0 Å². The summed E-state index contributed by atoms with van der Waals surface area (Å²) in [5.74, 6) is -0.874. The molecule has 0 aromatic heterocycles. The van der Waals surface area contributed by atoms with Crippen LogP contribution in [0.1, 0.15) is 100 Å². The van der Waals surface area contributed by atoms with Crippen molar-refractivity contribution in [2.45, 2.75) is 142 Å². The molecule has 39 heavy (non-hydrogen) atoms. The molecule has 2 bridgehead atoms. The molecule has 7 fully saturated rings. The van der Waals surface area contributed by atoms with Crippen molar-refractivity contribution in [1.82, 2.24) is 0 Å². The highest BCUT2D eigenvalue weighted by molar-refractivity contribution is 5.66. The van der Waals surface area contributed by atoms with Gasteiger partial charge >= 0.3 is 5.97 Å². The van der Waals surface area contributed by atoms with Crippen LogP contribution in [0.15, 0.2) is 0 Å². The van der Waals surface area contributed by atoms with Crippen LogP contribution in [-0.2, 0) is 19.0 Å². The number of esters is 1. The minimum atomic E-state index is -1.23. The second-order valence-electron chi connectivity index (χ2n) is 16.6. The first kappa shape index (κ1) is 27.1. The number of hydrogen-bond donors (Lipinski definition) is 3. The zero-order chi connectivity index (χ0) is 28.3. The Kier molecular flexibility index (Phi) is 5.16. The molecular formula is C32H50O7. The second kappa shape index (κ2) is 7.42. The first-order valence-corrected chi connectivity index (χ1v) is 15.5. The van der Waals surface area contributed by atoms with E-state index in [4.69, 9.17) is 14.2 Å². The van der Waals surface area contributed by atoms with E-state index in [-0.39, 0.29) is 58.3 Å². The molecule has 7 rings (SSSR count). The van der Waals surface area contributed by atoms with Gasteiger partial charge in [0.1, 0.15) is 18.3 Å². The van der Waals surface area contributed by atoms with Gasteiger partial charge in [-0.1, -0.05) is 34.6 Å². The van der Waals surface area contributed by atoms with E-state index in [2.05, 4.69) is 34.6 Å². The van der Waals surface area contributed by atoms with Crippen molar-refractivity contribution in [3.05, 3.63) is 0 Å². The maximum atomic E-state index is 12.7. The Morgan fingerprint density at radius 3 is 2.28 bits per heavy atom. The molecule has 3 spiro atoms. The van der Waals surface area contributed by atoms with Crippen LogP contribution in [-0.4, -0.2) is 63.2 Å². The van der Waals surface area contributed by atoms with Gasteiger partial charge < -0.3 is 29.5 Å². The van der Waals surface area contributed by atoms with Gasteiger partial charge in [0.2, 0.25) is 0 Å². The second-order valence-corrected chi connectivity index (χ2v) is 16.6. The van der Waals surface area contributed by atoms with Gasteiger partial charge in [-0.05, 0) is 92.8 Å². The van der Waals surface area contributed by atoms with E-state index < -0.39 is 34.4 Å². The van der Waals surface area contributed by atoms with E-state index >= 15 is 0 Å². The molecule has 0 aromatic rings. The largest absolute Gasteiger partial charge is 0.462 e. The molecule has 2 aliphatic heterocycles. The van der Waals surface area contributed by atoms with Gasteiger partial charge in [-0.15, -0.1) is 0 Å². The van der Waals surface area contributed by atoms with Crippen LogP contribution in [0.2, 0.25) is 0 Å². The van der Waals surface area contributed by atoms with Crippen molar-refractivity contribution in [2.24, 2.45) is 50.7 Å². The van der Waals surface area contributed by atoms with E-state index in [1.54, 1.807) is 13.8 Å². The molecule has 2 saturated heterocycles. The molecule has 7 aliphatic rings. The summed E-state index contributed by atoms with van der Waals surface area (Å²) < 4.78 is 19.9. The Labute approximate surface area is 233 Å². The van der Waals surface area contributed by atoms with Crippen molar-refractivity contribution in [2.75, 3.05) is 0 Å². The summed E-state index contributed by atoms with van der Waals surface area (Å²) in [6.07, 6.45) is 4.04. The molecule has 0 amide bonds. The maximum Gasteiger partial charge on any atom is 0.302 e. The molecule has 0 aromatic carbocycles. The minimum absolute atomic E-state index is 0.0380. The number of aliphatic hydroxyl groups is 3. The number of fused-ring (bicyclic) bond motifs is 4. The molecular weight excluding hydrogens is 496 g/mol. The lowest BCUT2D eigenvalue weighted by molar-refractivity contribution is -0.283. The van der Waals surface area contributed by atoms with Gasteiger partial charge in [-0.2, -0.15) is 0 Å². The fourth-order valence-corrected chi connectivity index (χ4v) is 13.0. The summed E-state index contributed by atoms with van der Waals surface area (Å²) >= 11 is 0. The molecule has 3 N–H and O–H groups in total. The maximum absolute atomic E-state index is 12.7. The molecule has 0 unspecified atom stereocenters. The zero-order valence-electron chi connectivity index (χ0n) is 25.1. The van der Waals surface area contributed by atoms with Crippen LogP contribution in [0.4, 0.5) is 0 Å². The van der Waals surface area contributed by atoms with Crippen LogP contribution in [0, 0.1) is 50.7 Å². The lowest BCUT2D eigenvalue weighted by Gasteiger charge is -2.65. The third kappa shape index (κ3) is 2.77. The van der Waals surface area contributed by atoms with E-state index in [1.807, 2.05) is 0 Å². The van der Waals surface area contributed by atoms with Crippen LogP contribution in [0.3, 0.4) is 0 Å². The first-order valence-electron chi connectivity index (χ1n) is 15.5. The van der Waals surface area contributed by atoms with Crippen molar-refractivity contribution in [3.8, 4) is 0 Å². The molecule has 5 aliphatic carbocycles. The third-order valence-electron chi connectivity index (χ3n) is 14.5. The Hall–Kier alpha value is -0.730. The first-order chi connectivity index (χ1) is 17.9. The quantitative estimate of drug-likeness (QED) is 0.446. The number of hydrogen-bond acceptors (Lipinski definition) is 7. The van der Waals surface area contributed by atoms with E-state index in [0.717, 1.165) is 44.9 Å². The minimum Gasteiger partial charge on any atom is -0.462 e. The summed E-state index contributed by atoms with van der Waals surface area (Å²) in [6, 6.07) is 0. The van der Waals surface area contributed by atoms with Gasteiger partial charge in [0.25, 0.3) is 0 Å². The van der Waals surface area contributed by atoms with Gasteiger partial charge in [0, 0.05) is 23.7 Å². The van der Waals surface area contributed by atoms with Crippen LogP contribution in [0.25, 0.3) is 0 Å². The lowest BCUT2D eigenvalue weighted by atomic mass is 9.40. The van der Waals surface area contributed by atoms with Crippen molar-refractivity contribution < 1.29 is 34.3 Å². The Bertz CT molecular complexity index is 1100. The van der Waals surface area contributed by atoms with Crippen LogP contribution >= 0.6 is 0 Å². The average molecular weight is 547 g/mol. The zero-order valence-corrected chi connectivity index (χ0v) is 25.1. The monoisotopic (exact) mass is 546 g/mol. The van der Waals surface area contributed by atoms with E-state index in [1.165, 1.54) is 6.92 Å². The number of rotatable bonds is 2. The summed E-state index contributed by atoms with van der Waals surface area (Å²) in [7, 11) is 0. The highest BCUT2D eigenvalue weighted by atomic mass is 16.8. The lowest BCUT2D eigenvalue weighted by Crippen LogP contribution is -2.65. The van der Waals surface area contributed by atoms with Gasteiger partial charge in [0.15, 0.2) is 5.79 Å². The Morgan fingerprint density at radius 1 is 0.974 bits per heavy atom. The molecule has 5 saturated carbocycles. The predicted molar refractivity (Wildman–Crippen MR) is 143 cm³/mol. The van der Waals surface area contributed by atoms with Crippen molar-refractivity contribution >= 4 is 5.97 Å². The molecule has 2 heterocycles. The smallest absolute Gasteiger partial charge is 0.302 e. The van der Waals surface area contributed by atoms with Gasteiger partial charge in [0.05, 0.1) is 17.8 Å². The third-order valence-corrected chi connectivity index (χ3v) is 14.5. The number of ether oxygens (including phenoxy) is 3. The molecule has 7 heteroatoms. The van der Waals surface area contributed by atoms with E-state index in [9.17, 15) is 20.1 Å². The van der Waals surface area contributed by atoms with E-state index in [0.29, 0.717) is 5.92 Å². The summed E-state index contributed by atoms with van der Waals surface area (Å²) in [4.78, 5) is 12.7. The summed E-state index contributed by atoms with van der Waals surface area (Å²) in [6.45, 7) is 16.2. The molecule has 7 nitrogen and oxygen atoms in total.